The Kier molecular flexibility index (Phi) is 13.3. The Balaban J connectivity index is 1.08. The van der Waals surface area contributed by atoms with Crippen LogP contribution >= 0.6 is 24.2 Å². The fourth-order valence-corrected chi connectivity index (χ4v) is 8.29. The number of nitrogens with zero attached hydrogens (tertiary/aromatic N) is 4. The normalized spacial score (nSPS) is 14.6. The summed E-state index contributed by atoms with van der Waals surface area (Å²) in [5.74, 6) is -0.838. The maximum atomic E-state index is 13.4. The summed E-state index contributed by atoms with van der Waals surface area (Å²) in [4.78, 5) is 31.0. The van der Waals surface area contributed by atoms with Crippen LogP contribution in [0.1, 0.15) is 33.2 Å². The highest BCUT2D eigenvalue weighted by Crippen LogP contribution is 2.34. The van der Waals surface area contributed by atoms with E-state index in [0.29, 0.717) is 18.0 Å². The number of amides is 1. The third-order valence-corrected chi connectivity index (χ3v) is 12.1. The molecular weight excluding hydrogens is 768 g/mol. The van der Waals surface area contributed by atoms with Crippen molar-refractivity contribution in [1.82, 2.24) is 14.5 Å². The number of sulfonamides is 1. The number of hydrogen-bond acceptors (Lipinski definition) is 10. The smallest absolute Gasteiger partial charge is 0.293 e. The summed E-state index contributed by atoms with van der Waals surface area (Å²) in [5.41, 5.74) is 5.27. The number of nitrogens with one attached hydrogen (secondary N) is 2. The molecule has 292 valence electrons. The molecule has 5 aromatic rings. The van der Waals surface area contributed by atoms with Crippen molar-refractivity contribution in [1.29, 1.82) is 0 Å². The monoisotopic (exact) mass is 812 g/mol. The lowest BCUT2D eigenvalue weighted by atomic mass is 9.99. The second-order valence-electron chi connectivity index (χ2n) is 14.0. The first-order valence-electron chi connectivity index (χ1n) is 18.3. The molecule has 5 aromatic carbocycles. The highest BCUT2D eigenvalue weighted by atomic mass is 35.5. The average Bonchev–Trinajstić information content (AvgIpc) is 3.20. The molecule has 2 atom stereocenters. The van der Waals surface area contributed by atoms with Crippen LogP contribution in [0.2, 0.25) is 5.02 Å². The largest absolute Gasteiger partial charge is 0.375 e. The van der Waals surface area contributed by atoms with Gasteiger partial charge in [0.25, 0.3) is 21.6 Å². The Morgan fingerprint density at radius 2 is 1.55 bits per heavy atom. The van der Waals surface area contributed by atoms with E-state index in [2.05, 4.69) is 38.0 Å². The molecule has 11 nitrogen and oxygen atoms in total. The molecule has 6 rings (SSSR count). The van der Waals surface area contributed by atoms with Gasteiger partial charge in [0.1, 0.15) is 5.69 Å². The number of carbonyl (C=O) groups excluding carboxylic acids is 1. The van der Waals surface area contributed by atoms with E-state index in [9.17, 15) is 23.3 Å². The van der Waals surface area contributed by atoms with Crippen LogP contribution < -0.4 is 14.9 Å². The van der Waals surface area contributed by atoms with Gasteiger partial charge in [0.05, 0.1) is 9.82 Å². The second kappa shape index (κ2) is 18.4. The zero-order valence-electron chi connectivity index (χ0n) is 31.2. The van der Waals surface area contributed by atoms with E-state index in [4.69, 9.17) is 24.2 Å². The van der Waals surface area contributed by atoms with Crippen LogP contribution in [-0.4, -0.2) is 81.9 Å². The lowest BCUT2D eigenvalue weighted by Crippen LogP contribution is -2.46. The quantitative estimate of drug-likeness (QED) is 0.0552. The van der Waals surface area contributed by atoms with Gasteiger partial charge in [-0.1, -0.05) is 78.3 Å². The molecule has 1 amide bonds. The van der Waals surface area contributed by atoms with Crippen molar-refractivity contribution in [2.75, 3.05) is 57.0 Å². The van der Waals surface area contributed by atoms with E-state index < -0.39 is 31.4 Å². The predicted octanol–water partition coefficient (Wildman–Crippen LogP) is 7.76. The molecule has 1 heterocycles. The molecule has 1 saturated heterocycles. The van der Waals surface area contributed by atoms with Gasteiger partial charge in [-0.05, 0) is 97.8 Å². The summed E-state index contributed by atoms with van der Waals surface area (Å²) in [6.45, 7) is 4.75. The predicted molar refractivity (Wildman–Crippen MR) is 227 cm³/mol. The highest BCUT2D eigenvalue weighted by Gasteiger charge is 2.27. The molecule has 2 N–H and O–H groups in total. The van der Waals surface area contributed by atoms with Gasteiger partial charge in [0.2, 0.25) is 0 Å². The van der Waals surface area contributed by atoms with E-state index in [1.807, 2.05) is 79.7 Å². The minimum atomic E-state index is -4.45. The fourth-order valence-electron chi connectivity index (χ4n) is 6.78. The van der Waals surface area contributed by atoms with Crippen molar-refractivity contribution in [3.63, 3.8) is 0 Å². The van der Waals surface area contributed by atoms with Crippen molar-refractivity contribution in [2.24, 2.45) is 0 Å². The zero-order valence-corrected chi connectivity index (χ0v) is 33.7. The number of halogens is 1. The molecule has 0 spiro atoms. The summed E-state index contributed by atoms with van der Waals surface area (Å²) < 4.78 is 28.8. The van der Waals surface area contributed by atoms with Gasteiger partial charge in [-0.15, -0.1) is 0 Å². The molecule has 1 fully saturated rings. The number of anilines is 2. The molecule has 14 heteroatoms. The van der Waals surface area contributed by atoms with Crippen LogP contribution in [0.15, 0.2) is 126 Å². The fraction of sp³-hybridized carbons (Fsp3) is 0.262. The van der Waals surface area contributed by atoms with Gasteiger partial charge in [0.15, 0.2) is 0 Å². The number of carbonyl (C=O) groups is 1. The lowest BCUT2D eigenvalue weighted by molar-refractivity contribution is -0.384. The van der Waals surface area contributed by atoms with Crippen molar-refractivity contribution in [2.45, 2.75) is 29.2 Å². The molecule has 0 aromatic heterocycles. The van der Waals surface area contributed by atoms with E-state index in [1.165, 1.54) is 23.3 Å². The number of benzene rings is 5. The first-order chi connectivity index (χ1) is 26.9. The number of piperazine rings is 1. The Bertz CT molecular complexity index is 2230. The van der Waals surface area contributed by atoms with E-state index >= 15 is 0 Å². The van der Waals surface area contributed by atoms with Gasteiger partial charge in [-0.2, -0.15) is 12.6 Å². The van der Waals surface area contributed by atoms with E-state index in [1.54, 1.807) is 24.3 Å². The van der Waals surface area contributed by atoms with Crippen LogP contribution in [-0.2, 0) is 16.6 Å². The number of rotatable bonds is 15. The van der Waals surface area contributed by atoms with Gasteiger partial charge < -0.3 is 15.1 Å². The summed E-state index contributed by atoms with van der Waals surface area (Å²) >= 11 is 11.0. The first kappa shape index (κ1) is 40.7. The molecule has 56 heavy (non-hydrogen) atoms. The maximum absolute atomic E-state index is 13.4. The highest BCUT2D eigenvalue weighted by molar-refractivity contribution is 7.90. The number of nitro groups is 1. The van der Waals surface area contributed by atoms with Crippen LogP contribution in [0.3, 0.4) is 0 Å². The summed E-state index contributed by atoms with van der Waals surface area (Å²) in [5, 5.41) is 15.9. The second-order valence-corrected chi connectivity index (χ2v) is 16.7. The molecule has 0 bridgehead atoms. The Labute approximate surface area is 338 Å². The molecule has 0 saturated carbocycles. The van der Waals surface area contributed by atoms with Gasteiger partial charge in [-0.25, -0.2) is 13.1 Å². The molecule has 0 aliphatic carbocycles. The van der Waals surface area contributed by atoms with Gasteiger partial charge in [-0.3, -0.25) is 19.8 Å². The van der Waals surface area contributed by atoms with Crippen molar-refractivity contribution in [3.05, 3.63) is 153 Å². The number of thiol groups is 1. The van der Waals surface area contributed by atoms with Crippen LogP contribution in [0.25, 0.3) is 11.1 Å². The summed E-state index contributed by atoms with van der Waals surface area (Å²) in [6, 6.07) is 35.9. The minimum absolute atomic E-state index is 0.145. The summed E-state index contributed by atoms with van der Waals surface area (Å²) in [7, 11) is -0.577. The minimum Gasteiger partial charge on any atom is -0.375 e. The topological polar surface area (TPSA) is 128 Å². The van der Waals surface area contributed by atoms with Crippen LogP contribution in [0.4, 0.5) is 17.1 Å². The van der Waals surface area contributed by atoms with Crippen LogP contribution in [0.5, 0.6) is 0 Å². The standard InChI is InChI=1S/C42H45ClN6O5S2/c1-46(2)23-22-39(41(55)31-8-4-3-5-9-31)44-38-21-20-36(28-40(38)49(51)52)56(53,54)45-42(50)32-14-18-35(19-15-32)48-26-24-47(25-27-48)29-33-10-6-7-11-37(33)30-12-16-34(43)17-13-30/h3-21,28,39,41,44,55H,22-27,29H2,1-2H3,(H,45,50)/t39-,41?/m1/s1. The van der Waals surface area contributed by atoms with Crippen molar-refractivity contribution in [3.8, 4) is 11.1 Å². The lowest BCUT2D eigenvalue weighted by Gasteiger charge is -2.36. The summed E-state index contributed by atoms with van der Waals surface area (Å²) in [6.07, 6.45) is 0.610. The SMILES string of the molecule is CN(C)CC[C@@H](Nc1ccc(S(=O)(=O)NC(=O)c2ccc(N3CCN(Cc4ccccc4-c4ccc(Cl)cc4)CC3)cc2)cc1[N+](=O)[O-])C(S)c1ccccc1. The zero-order chi connectivity index (χ0) is 39.8. The Morgan fingerprint density at radius 3 is 2.21 bits per heavy atom. The molecular formula is C42H45ClN6O5S2. The molecule has 1 aliphatic heterocycles. The molecule has 1 unspecified atom stereocenters. The molecule has 1 aliphatic rings. The number of nitro benzene ring substituents is 1. The number of hydrogen-bond donors (Lipinski definition) is 3. The third kappa shape index (κ3) is 10.3. The van der Waals surface area contributed by atoms with Crippen molar-refractivity contribution >= 4 is 57.2 Å². The van der Waals surface area contributed by atoms with Gasteiger partial charge >= 0.3 is 0 Å². The molecule has 0 radical (unpaired) electrons. The first-order valence-corrected chi connectivity index (χ1v) is 20.7. The van der Waals surface area contributed by atoms with Crippen LogP contribution in [0, 0.1) is 10.1 Å². The maximum Gasteiger partial charge on any atom is 0.293 e. The average molecular weight is 813 g/mol. The van der Waals surface area contributed by atoms with E-state index in [0.717, 1.165) is 55.6 Å². The van der Waals surface area contributed by atoms with E-state index in [-0.39, 0.29) is 22.5 Å². The van der Waals surface area contributed by atoms with Gasteiger partial charge in [0, 0.05) is 66.4 Å². The van der Waals surface area contributed by atoms with Crippen molar-refractivity contribution < 1.29 is 18.1 Å². The Morgan fingerprint density at radius 1 is 0.893 bits per heavy atom. The third-order valence-electron chi connectivity index (χ3n) is 9.89. The Hall–Kier alpha value is -4.92.